The van der Waals surface area contributed by atoms with E-state index >= 15 is 0 Å². The van der Waals surface area contributed by atoms with Crippen LogP contribution >= 0.6 is 15.9 Å². The Morgan fingerprint density at radius 2 is 2.29 bits per heavy atom. The molecule has 0 amide bonds. The molecular formula is C14H16BrNO. The van der Waals surface area contributed by atoms with Crippen molar-refractivity contribution in [1.29, 1.82) is 0 Å². The molecule has 2 atom stereocenters. The third kappa shape index (κ3) is 1.91. The third-order valence-corrected chi connectivity index (χ3v) is 4.26. The van der Waals surface area contributed by atoms with E-state index in [1.54, 1.807) is 0 Å². The van der Waals surface area contributed by atoms with E-state index in [4.69, 9.17) is 4.74 Å². The molecule has 0 N–H and O–H groups in total. The van der Waals surface area contributed by atoms with Crippen molar-refractivity contribution >= 4 is 21.5 Å². The van der Waals surface area contributed by atoms with Crippen LogP contribution in [0.25, 0.3) is 5.57 Å². The summed E-state index contributed by atoms with van der Waals surface area (Å²) in [6.45, 7) is 6.45. The minimum absolute atomic E-state index is 0.312. The number of benzene rings is 1. The fourth-order valence-corrected chi connectivity index (χ4v) is 3.15. The van der Waals surface area contributed by atoms with Gasteiger partial charge in [0.05, 0.1) is 0 Å². The number of hydrogen-bond donors (Lipinski definition) is 0. The van der Waals surface area contributed by atoms with Gasteiger partial charge in [-0.05, 0) is 37.2 Å². The Labute approximate surface area is 110 Å². The van der Waals surface area contributed by atoms with Crippen LogP contribution in [0.5, 0.6) is 5.75 Å². The lowest BCUT2D eigenvalue weighted by atomic mass is 9.82. The first-order chi connectivity index (χ1) is 8.15. The summed E-state index contributed by atoms with van der Waals surface area (Å²) in [4.78, 5) is 2.36. The monoisotopic (exact) mass is 293 g/mol. The van der Waals surface area contributed by atoms with Crippen molar-refractivity contribution in [1.82, 2.24) is 4.90 Å². The Kier molecular flexibility index (Phi) is 2.75. The first-order valence-electron chi connectivity index (χ1n) is 5.99. The van der Waals surface area contributed by atoms with E-state index in [0.29, 0.717) is 12.0 Å². The zero-order chi connectivity index (χ0) is 12.0. The van der Waals surface area contributed by atoms with E-state index in [1.165, 1.54) is 5.57 Å². The lowest BCUT2D eigenvalue weighted by molar-refractivity contribution is 0.0738. The minimum Gasteiger partial charge on any atom is -0.489 e. The zero-order valence-electron chi connectivity index (χ0n) is 9.95. The molecule has 2 unspecified atom stereocenters. The molecule has 2 aliphatic rings. The summed E-state index contributed by atoms with van der Waals surface area (Å²) >= 11 is 3.51. The molecule has 0 radical (unpaired) electrons. The molecule has 0 saturated carbocycles. The minimum atomic E-state index is 0.312. The highest BCUT2D eigenvalue weighted by Gasteiger charge is 2.36. The molecule has 0 bridgehead atoms. The van der Waals surface area contributed by atoms with Gasteiger partial charge in [0.1, 0.15) is 11.9 Å². The van der Waals surface area contributed by atoms with E-state index < -0.39 is 0 Å². The lowest BCUT2D eigenvalue weighted by Gasteiger charge is -2.41. The van der Waals surface area contributed by atoms with Gasteiger partial charge in [0, 0.05) is 29.0 Å². The van der Waals surface area contributed by atoms with Crippen LogP contribution in [0.15, 0.2) is 29.3 Å². The van der Waals surface area contributed by atoms with E-state index in [2.05, 4.69) is 40.5 Å². The van der Waals surface area contributed by atoms with Crippen molar-refractivity contribution in [2.24, 2.45) is 5.92 Å². The fourth-order valence-electron chi connectivity index (χ4n) is 2.79. The third-order valence-electron chi connectivity index (χ3n) is 3.77. The number of fused-ring (bicyclic) bond motifs is 2. The maximum atomic E-state index is 6.10. The average Bonchev–Trinajstić information content (AvgIpc) is 2.32. The first kappa shape index (κ1) is 11.3. The molecule has 3 heteroatoms. The van der Waals surface area contributed by atoms with Crippen molar-refractivity contribution in [3.63, 3.8) is 0 Å². The highest BCUT2D eigenvalue weighted by molar-refractivity contribution is 9.10. The number of hydrogen-bond acceptors (Lipinski definition) is 2. The zero-order valence-corrected chi connectivity index (χ0v) is 11.5. The highest BCUT2D eigenvalue weighted by atomic mass is 79.9. The van der Waals surface area contributed by atoms with Gasteiger partial charge in [0.15, 0.2) is 0 Å². The van der Waals surface area contributed by atoms with Crippen LogP contribution in [0.1, 0.15) is 12.0 Å². The maximum Gasteiger partial charge on any atom is 0.127 e. The molecule has 3 rings (SSSR count). The van der Waals surface area contributed by atoms with Gasteiger partial charge < -0.3 is 9.64 Å². The topological polar surface area (TPSA) is 12.5 Å². The van der Waals surface area contributed by atoms with Gasteiger partial charge >= 0.3 is 0 Å². The van der Waals surface area contributed by atoms with Crippen LogP contribution < -0.4 is 4.74 Å². The van der Waals surface area contributed by atoms with Crippen LogP contribution in [-0.2, 0) is 0 Å². The largest absolute Gasteiger partial charge is 0.489 e. The first-order valence-corrected chi connectivity index (χ1v) is 6.78. The predicted molar refractivity (Wildman–Crippen MR) is 73.2 cm³/mol. The van der Waals surface area contributed by atoms with Gasteiger partial charge in [-0.2, -0.15) is 0 Å². The summed E-state index contributed by atoms with van der Waals surface area (Å²) in [5, 5.41) is 0. The van der Waals surface area contributed by atoms with Gasteiger partial charge in [-0.3, -0.25) is 0 Å². The average molecular weight is 294 g/mol. The van der Waals surface area contributed by atoms with Crippen molar-refractivity contribution in [3.05, 3.63) is 34.8 Å². The molecule has 2 aliphatic heterocycles. The van der Waals surface area contributed by atoms with Gasteiger partial charge in [-0.15, -0.1) is 0 Å². The molecule has 17 heavy (non-hydrogen) atoms. The molecule has 1 fully saturated rings. The highest BCUT2D eigenvalue weighted by Crippen LogP contribution is 2.42. The van der Waals surface area contributed by atoms with Crippen LogP contribution in [0, 0.1) is 5.92 Å². The second-order valence-corrected chi connectivity index (χ2v) is 5.90. The number of ether oxygens (including phenoxy) is 1. The Morgan fingerprint density at radius 1 is 1.47 bits per heavy atom. The van der Waals surface area contributed by atoms with Gasteiger partial charge in [-0.25, -0.2) is 0 Å². The van der Waals surface area contributed by atoms with Gasteiger partial charge in [0.2, 0.25) is 0 Å². The second-order valence-electron chi connectivity index (χ2n) is 4.98. The van der Waals surface area contributed by atoms with Crippen molar-refractivity contribution in [2.75, 3.05) is 20.1 Å². The fraction of sp³-hybridized carbons (Fsp3) is 0.429. The number of likely N-dealkylation sites (tertiary alicyclic amines) is 1. The molecule has 0 aromatic heterocycles. The van der Waals surface area contributed by atoms with Crippen LogP contribution in [-0.4, -0.2) is 31.1 Å². The van der Waals surface area contributed by atoms with Crippen LogP contribution in [0.4, 0.5) is 0 Å². The number of nitrogens with zero attached hydrogens (tertiary/aromatic N) is 1. The Bertz CT molecular complexity index is 471. The van der Waals surface area contributed by atoms with Crippen LogP contribution in [0.3, 0.4) is 0 Å². The SMILES string of the molecule is C=C1c2cc(Br)ccc2OC2CCN(C)CC12. The maximum absolute atomic E-state index is 6.10. The Balaban J connectivity index is 2.00. The molecule has 1 aromatic carbocycles. The Morgan fingerprint density at radius 3 is 3.12 bits per heavy atom. The van der Waals surface area contributed by atoms with E-state index in [-0.39, 0.29) is 0 Å². The molecule has 2 nitrogen and oxygen atoms in total. The smallest absolute Gasteiger partial charge is 0.127 e. The van der Waals surface area contributed by atoms with Gasteiger partial charge in [0.25, 0.3) is 0 Å². The normalized spacial score (nSPS) is 28.2. The van der Waals surface area contributed by atoms with Crippen molar-refractivity contribution < 1.29 is 4.74 Å². The van der Waals surface area contributed by atoms with Crippen molar-refractivity contribution in [3.8, 4) is 5.75 Å². The summed E-state index contributed by atoms with van der Waals surface area (Å²) in [6, 6.07) is 6.18. The van der Waals surface area contributed by atoms with E-state index in [9.17, 15) is 0 Å². The predicted octanol–water partition coefficient (Wildman–Crippen LogP) is 3.18. The summed E-state index contributed by atoms with van der Waals surface area (Å²) in [5.74, 6) is 1.43. The Hall–Kier alpha value is -0.800. The molecule has 1 aromatic rings. The number of rotatable bonds is 0. The second kappa shape index (κ2) is 4.14. The lowest BCUT2D eigenvalue weighted by Crippen LogP contribution is -2.45. The molecular weight excluding hydrogens is 278 g/mol. The summed E-state index contributed by atoms with van der Waals surface area (Å²) in [7, 11) is 2.17. The summed E-state index contributed by atoms with van der Waals surface area (Å²) in [6.07, 6.45) is 1.41. The molecule has 2 heterocycles. The molecule has 0 aliphatic carbocycles. The standard InChI is InChI=1S/C14H16BrNO/c1-9-11-7-10(15)3-4-13(11)17-14-5-6-16(2)8-12(9)14/h3-4,7,12,14H,1,5-6,8H2,2H3. The van der Waals surface area contributed by atoms with Gasteiger partial charge in [-0.1, -0.05) is 22.5 Å². The van der Waals surface area contributed by atoms with E-state index in [1.807, 2.05) is 12.1 Å². The molecule has 0 spiro atoms. The number of piperidine rings is 1. The quantitative estimate of drug-likeness (QED) is 0.728. The molecule has 90 valence electrons. The summed E-state index contributed by atoms with van der Waals surface area (Å²) in [5.41, 5.74) is 2.39. The van der Waals surface area contributed by atoms with Crippen molar-refractivity contribution in [2.45, 2.75) is 12.5 Å². The number of halogens is 1. The van der Waals surface area contributed by atoms with E-state index in [0.717, 1.165) is 35.3 Å². The van der Waals surface area contributed by atoms with Crippen LogP contribution in [0.2, 0.25) is 0 Å². The summed E-state index contributed by atoms with van der Waals surface area (Å²) < 4.78 is 7.19. The molecule has 1 saturated heterocycles.